The van der Waals surface area contributed by atoms with Crippen molar-refractivity contribution in [3.05, 3.63) is 35.3 Å². The third-order valence-corrected chi connectivity index (χ3v) is 6.32. The Morgan fingerprint density at radius 2 is 2.14 bits per heavy atom. The number of carbonyl (C=O) groups is 1. The average molecular weight is 287 g/mol. The lowest BCUT2D eigenvalue weighted by atomic mass is 9.68. The van der Waals surface area contributed by atoms with E-state index < -0.39 is 0 Å². The summed E-state index contributed by atoms with van der Waals surface area (Å²) >= 11 is 0. The molecular formula is C16H21N3O2. The van der Waals surface area contributed by atoms with Crippen LogP contribution in [-0.2, 0) is 11.3 Å². The molecule has 1 saturated heterocycles. The highest BCUT2D eigenvalue weighted by Crippen LogP contribution is 2.67. The quantitative estimate of drug-likeness (QED) is 0.660. The monoisotopic (exact) mass is 287 g/mol. The maximum atomic E-state index is 13.1. The van der Waals surface area contributed by atoms with Crippen LogP contribution < -0.4 is 10.2 Å². The van der Waals surface area contributed by atoms with Gasteiger partial charge in [0, 0.05) is 18.2 Å². The number of pyridine rings is 1. The second-order valence-corrected chi connectivity index (χ2v) is 7.30. The third kappa shape index (κ3) is 1.50. The van der Waals surface area contributed by atoms with Gasteiger partial charge in [0.25, 0.3) is 0 Å². The van der Waals surface area contributed by atoms with Crippen LogP contribution in [0, 0.1) is 22.0 Å². The highest BCUT2D eigenvalue weighted by Gasteiger charge is 2.71. The molecular weight excluding hydrogens is 266 g/mol. The van der Waals surface area contributed by atoms with Gasteiger partial charge in [-0.25, -0.2) is 5.43 Å². The van der Waals surface area contributed by atoms with Gasteiger partial charge in [-0.3, -0.25) is 9.80 Å². The molecule has 2 bridgehead atoms. The number of carbonyl (C=O) groups excluding carboxylic acids is 1. The summed E-state index contributed by atoms with van der Waals surface area (Å²) in [6.45, 7) is 5.05. The number of aromatic nitrogens is 1. The van der Waals surface area contributed by atoms with E-state index >= 15 is 0 Å². The predicted molar refractivity (Wildman–Crippen MR) is 76.4 cm³/mol. The Kier molecular flexibility index (Phi) is 2.47. The summed E-state index contributed by atoms with van der Waals surface area (Å²) < 4.78 is 0.765. The molecule has 2 heterocycles. The standard InChI is InChI=1S/C16H21N3O2/c1-15(2)12-3-6-16(15)13(9-12)17-19(14(16)20)10-11-4-7-18(21)8-5-11/h4-5,7-8,12-13,17H,3,6,9-10H2,1-2H3/t12-,13-,16+/m1/s1. The predicted octanol–water partition coefficient (Wildman–Crippen LogP) is 1.36. The molecule has 5 nitrogen and oxygen atoms in total. The molecule has 0 aromatic carbocycles. The van der Waals surface area contributed by atoms with Gasteiger partial charge in [0.2, 0.25) is 5.91 Å². The maximum Gasteiger partial charge on any atom is 0.245 e. The summed E-state index contributed by atoms with van der Waals surface area (Å²) in [6, 6.07) is 3.83. The topological polar surface area (TPSA) is 59.3 Å². The SMILES string of the molecule is CC1(C)[C@@H]2CC[C@]13C(=O)N(Cc1cc[n+]([O-])cc1)N[C@@H]3C2. The van der Waals surface area contributed by atoms with Gasteiger partial charge >= 0.3 is 0 Å². The highest BCUT2D eigenvalue weighted by molar-refractivity contribution is 5.87. The number of nitrogens with one attached hydrogen (secondary N) is 1. The minimum Gasteiger partial charge on any atom is -0.619 e. The van der Waals surface area contributed by atoms with Crippen LogP contribution >= 0.6 is 0 Å². The summed E-state index contributed by atoms with van der Waals surface area (Å²) in [5.41, 5.74) is 4.29. The zero-order chi connectivity index (χ0) is 14.8. The van der Waals surface area contributed by atoms with Gasteiger partial charge in [-0.15, -0.1) is 0 Å². The number of hydrogen-bond acceptors (Lipinski definition) is 3. The fourth-order valence-electron chi connectivity index (χ4n) is 5.00. The zero-order valence-electron chi connectivity index (χ0n) is 12.5. The molecule has 3 fully saturated rings. The molecule has 21 heavy (non-hydrogen) atoms. The second kappa shape index (κ2) is 3.97. The molecule has 1 aliphatic heterocycles. The summed E-state index contributed by atoms with van der Waals surface area (Å²) in [6.07, 6.45) is 6.24. The van der Waals surface area contributed by atoms with Crippen LogP contribution in [0.15, 0.2) is 24.5 Å². The first kappa shape index (κ1) is 13.1. The molecule has 4 rings (SSSR count). The van der Waals surface area contributed by atoms with E-state index in [4.69, 9.17) is 0 Å². The van der Waals surface area contributed by atoms with E-state index in [2.05, 4.69) is 19.3 Å². The first-order chi connectivity index (χ1) is 9.95. The van der Waals surface area contributed by atoms with Gasteiger partial charge < -0.3 is 5.21 Å². The second-order valence-electron chi connectivity index (χ2n) is 7.30. The number of hydrazine groups is 1. The van der Waals surface area contributed by atoms with Crippen LogP contribution in [0.1, 0.15) is 38.7 Å². The normalized spacial score (nSPS) is 36.3. The van der Waals surface area contributed by atoms with Crippen molar-refractivity contribution in [1.82, 2.24) is 10.4 Å². The minimum absolute atomic E-state index is 0.0885. The third-order valence-electron chi connectivity index (χ3n) is 6.32. The van der Waals surface area contributed by atoms with E-state index in [9.17, 15) is 10.0 Å². The number of rotatable bonds is 2. The highest BCUT2D eigenvalue weighted by atomic mass is 16.5. The first-order valence-electron chi connectivity index (χ1n) is 7.71. The molecule has 112 valence electrons. The number of fused-ring (bicyclic) bond motifs is 1. The molecule has 1 aromatic rings. The molecule has 3 atom stereocenters. The maximum absolute atomic E-state index is 13.1. The van der Waals surface area contributed by atoms with Gasteiger partial charge in [-0.2, -0.15) is 4.73 Å². The van der Waals surface area contributed by atoms with Gasteiger partial charge in [0.1, 0.15) is 0 Å². The van der Waals surface area contributed by atoms with Crippen molar-refractivity contribution in [1.29, 1.82) is 0 Å². The number of hydrogen-bond donors (Lipinski definition) is 1. The molecule has 3 aliphatic rings. The van der Waals surface area contributed by atoms with Gasteiger partial charge in [0.05, 0.1) is 12.0 Å². The van der Waals surface area contributed by atoms with Gasteiger partial charge in [0.15, 0.2) is 12.4 Å². The van der Waals surface area contributed by atoms with Crippen LogP contribution in [0.25, 0.3) is 0 Å². The van der Waals surface area contributed by atoms with Crippen LogP contribution in [0.4, 0.5) is 0 Å². The molecule has 2 saturated carbocycles. The van der Waals surface area contributed by atoms with Gasteiger partial charge in [-0.05, 0) is 36.2 Å². The Bertz CT molecular complexity index is 598. The molecule has 2 aliphatic carbocycles. The fourth-order valence-corrected chi connectivity index (χ4v) is 5.00. The molecule has 1 amide bonds. The van der Waals surface area contributed by atoms with E-state index in [-0.39, 0.29) is 22.8 Å². The molecule has 0 radical (unpaired) electrons. The van der Waals surface area contributed by atoms with Gasteiger partial charge in [-0.1, -0.05) is 13.8 Å². The minimum atomic E-state index is -0.217. The van der Waals surface area contributed by atoms with E-state index in [1.54, 1.807) is 17.1 Å². The first-order valence-corrected chi connectivity index (χ1v) is 7.71. The lowest BCUT2D eigenvalue weighted by molar-refractivity contribution is -0.605. The Balaban J connectivity index is 1.61. The van der Waals surface area contributed by atoms with Crippen LogP contribution in [0.3, 0.4) is 0 Å². The summed E-state index contributed by atoms with van der Waals surface area (Å²) in [5.74, 6) is 0.911. The lowest BCUT2D eigenvalue weighted by Gasteiger charge is -2.35. The van der Waals surface area contributed by atoms with Crippen molar-refractivity contribution >= 4 is 5.91 Å². The van der Waals surface area contributed by atoms with E-state index in [0.29, 0.717) is 12.5 Å². The number of amides is 1. The molecule has 0 unspecified atom stereocenters. The van der Waals surface area contributed by atoms with Crippen LogP contribution in [-0.4, -0.2) is 17.0 Å². The summed E-state index contributed by atoms with van der Waals surface area (Å²) in [5, 5.41) is 12.9. The van der Waals surface area contributed by atoms with Crippen molar-refractivity contribution in [3.8, 4) is 0 Å². The van der Waals surface area contributed by atoms with Crippen molar-refractivity contribution in [3.63, 3.8) is 0 Å². The Morgan fingerprint density at radius 3 is 2.76 bits per heavy atom. The summed E-state index contributed by atoms with van der Waals surface area (Å²) in [7, 11) is 0. The smallest absolute Gasteiger partial charge is 0.245 e. The van der Waals surface area contributed by atoms with Crippen molar-refractivity contribution in [2.45, 2.75) is 45.7 Å². The van der Waals surface area contributed by atoms with Crippen LogP contribution in [0.5, 0.6) is 0 Å². The lowest BCUT2D eigenvalue weighted by Crippen LogP contribution is -2.43. The van der Waals surface area contributed by atoms with E-state index in [1.165, 1.54) is 18.8 Å². The average Bonchev–Trinajstić information content (AvgIpc) is 2.96. The summed E-state index contributed by atoms with van der Waals surface area (Å²) in [4.78, 5) is 13.1. The fraction of sp³-hybridized carbons (Fsp3) is 0.625. The van der Waals surface area contributed by atoms with Crippen molar-refractivity contribution < 1.29 is 9.52 Å². The molecule has 1 N–H and O–H groups in total. The number of nitrogens with zero attached hydrogens (tertiary/aromatic N) is 2. The van der Waals surface area contributed by atoms with E-state index in [1.807, 2.05) is 0 Å². The Hall–Kier alpha value is -1.62. The largest absolute Gasteiger partial charge is 0.619 e. The molecule has 1 aromatic heterocycles. The Morgan fingerprint density at radius 1 is 1.43 bits per heavy atom. The molecule has 1 spiro atoms. The van der Waals surface area contributed by atoms with Crippen LogP contribution in [0.2, 0.25) is 0 Å². The van der Waals surface area contributed by atoms with Crippen molar-refractivity contribution in [2.75, 3.05) is 0 Å². The zero-order valence-corrected chi connectivity index (χ0v) is 12.5. The molecule has 5 heteroatoms. The Labute approximate surface area is 124 Å². The van der Waals surface area contributed by atoms with E-state index in [0.717, 1.165) is 23.1 Å². The van der Waals surface area contributed by atoms with Crippen molar-refractivity contribution in [2.24, 2.45) is 16.7 Å².